The first kappa shape index (κ1) is 15.1. The lowest BCUT2D eigenvalue weighted by Crippen LogP contribution is -2.31. The minimum Gasteiger partial charge on any atom is -0.481 e. The number of aromatic nitrogens is 2. The molecule has 2 N–H and O–H groups in total. The SMILES string of the molecule is COc1c(CNCCNC(=O)c2ccco2)c(C)nn1C. The molecule has 0 saturated heterocycles. The van der Waals surface area contributed by atoms with Crippen molar-refractivity contribution in [3.8, 4) is 5.88 Å². The maximum Gasteiger partial charge on any atom is 0.287 e. The standard InChI is InChI=1S/C14H20N4O3/c1-10-11(14(20-3)18(2)17-10)9-15-6-7-16-13(19)12-5-4-8-21-12/h4-5,8,15H,6-7,9H2,1-3H3,(H,16,19). The predicted octanol–water partition coefficient (Wildman–Crippen LogP) is 0.850. The van der Waals surface area contributed by atoms with Gasteiger partial charge in [0, 0.05) is 26.7 Å². The molecule has 0 saturated carbocycles. The average Bonchev–Trinajstić information content (AvgIpc) is 3.07. The van der Waals surface area contributed by atoms with E-state index in [0.29, 0.717) is 25.4 Å². The van der Waals surface area contributed by atoms with E-state index in [-0.39, 0.29) is 5.91 Å². The van der Waals surface area contributed by atoms with Gasteiger partial charge in [0.15, 0.2) is 5.76 Å². The minimum absolute atomic E-state index is 0.211. The number of aryl methyl sites for hydroxylation is 2. The van der Waals surface area contributed by atoms with Gasteiger partial charge in [0.2, 0.25) is 5.88 Å². The van der Waals surface area contributed by atoms with Crippen molar-refractivity contribution < 1.29 is 13.9 Å². The third-order valence-corrected chi connectivity index (χ3v) is 3.12. The first-order valence-corrected chi connectivity index (χ1v) is 6.72. The summed E-state index contributed by atoms with van der Waals surface area (Å²) in [5, 5.41) is 10.3. The van der Waals surface area contributed by atoms with Crippen LogP contribution < -0.4 is 15.4 Å². The lowest BCUT2D eigenvalue weighted by molar-refractivity contribution is 0.0926. The van der Waals surface area contributed by atoms with Crippen LogP contribution in [0.1, 0.15) is 21.8 Å². The molecule has 7 nitrogen and oxygen atoms in total. The van der Waals surface area contributed by atoms with Crippen LogP contribution in [0.4, 0.5) is 0 Å². The summed E-state index contributed by atoms with van der Waals surface area (Å²) in [7, 11) is 3.47. The highest BCUT2D eigenvalue weighted by Crippen LogP contribution is 2.20. The molecule has 0 spiro atoms. The molecule has 2 heterocycles. The molecular weight excluding hydrogens is 272 g/mol. The topological polar surface area (TPSA) is 81.3 Å². The zero-order chi connectivity index (χ0) is 15.2. The second-order valence-corrected chi connectivity index (χ2v) is 4.61. The summed E-state index contributed by atoms with van der Waals surface area (Å²) in [5.74, 6) is 0.858. The van der Waals surface area contributed by atoms with Crippen LogP contribution in [0.15, 0.2) is 22.8 Å². The Bertz CT molecular complexity index is 590. The van der Waals surface area contributed by atoms with E-state index < -0.39 is 0 Å². The van der Waals surface area contributed by atoms with E-state index in [1.54, 1.807) is 23.9 Å². The fourth-order valence-electron chi connectivity index (χ4n) is 2.11. The summed E-state index contributed by atoms with van der Waals surface area (Å²) in [6.07, 6.45) is 1.48. The Morgan fingerprint density at radius 1 is 1.48 bits per heavy atom. The van der Waals surface area contributed by atoms with Crippen LogP contribution in [0.5, 0.6) is 5.88 Å². The molecule has 0 aliphatic carbocycles. The third-order valence-electron chi connectivity index (χ3n) is 3.12. The van der Waals surface area contributed by atoms with Gasteiger partial charge in [0.1, 0.15) is 0 Å². The molecule has 2 aromatic heterocycles. The number of amides is 1. The van der Waals surface area contributed by atoms with Crippen LogP contribution in [-0.2, 0) is 13.6 Å². The van der Waals surface area contributed by atoms with Crippen LogP contribution in [0, 0.1) is 6.92 Å². The number of ether oxygens (including phenoxy) is 1. The monoisotopic (exact) mass is 292 g/mol. The van der Waals surface area contributed by atoms with Crippen LogP contribution >= 0.6 is 0 Å². The molecule has 0 atom stereocenters. The summed E-state index contributed by atoms with van der Waals surface area (Å²) >= 11 is 0. The summed E-state index contributed by atoms with van der Waals surface area (Å²) < 4.78 is 12.0. The molecule has 0 fully saturated rings. The molecule has 0 aliphatic rings. The third kappa shape index (κ3) is 3.63. The summed E-state index contributed by atoms with van der Waals surface area (Å²) in [5.41, 5.74) is 1.96. The number of nitrogens with zero attached hydrogens (tertiary/aromatic N) is 2. The van der Waals surface area contributed by atoms with E-state index in [0.717, 1.165) is 17.1 Å². The second-order valence-electron chi connectivity index (χ2n) is 4.61. The molecule has 21 heavy (non-hydrogen) atoms. The zero-order valence-corrected chi connectivity index (χ0v) is 12.5. The van der Waals surface area contributed by atoms with Crippen molar-refractivity contribution in [2.45, 2.75) is 13.5 Å². The van der Waals surface area contributed by atoms with Crippen LogP contribution in [0.25, 0.3) is 0 Å². The fourth-order valence-corrected chi connectivity index (χ4v) is 2.11. The summed E-state index contributed by atoms with van der Waals surface area (Å²) in [4.78, 5) is 11.6. The maximum absolute atomic E-state index is 11.6. The maximum atomic E-state index is 11.6. The van der Waals surface area contributed by atoms with Gasteiger partial charge in [-0.2, -0.15) is 5.10 Å². The van der Waals surface area contributed by atoms with Crippen LogP contribution in [-0.4, -0.2) is 35.9 Å². The van der Waals surface area contributed by atoms with Crippen molar-refractivity contribution in [3.05, 3.63) is 35.4 Å². The number of carbonyl (C=O) groups is 1. The largest absolute Gasteiger partial charge is 0.481 e. The van der Waals surface area contributed by atoms with Gasteiger partial charge in [-0.05, 0) is 19.1 Å². The first-order chi connectivity index (χ1) is 10.1. The van der Waals surface area contributed by atoms with Gasteiger partial charge in [0.05, 0.1) is 24.6 Å². The average molecular weight is 292 g/mol. The Kier molecular flexibility index (Phi) is 4.99. The van der Waals surface area contributed by atoms with Gasteiger partial charge in [-0.15, -0.1) is 0 Å². The smallest absolute Gasteiger partial charge is 0.287 e. The quantitative estimate of drug-likeness (QED) is 0.739. The van der Waals surface area contributed by atoms with Crippen molar-refractivity contribution in [3.63, 3.8) is 0 Å². The predicted molar refractivity (Wildman–Crippen MR) is 77.2 cm³/mol. The molecule has 7 heteroatoms. The number of hydrogen-bond donors (Lipinski definition) is 2. The molecule has 0 bridgehead atoms. The van der Waals surface area contributed by atoms with Crippen molar-refractivity contribution in [2.75, 3.05) is 20.2 Å². The van der Waals surface area contributed by atoms with E-state index in [1.807, 2.05) is 14.0 Å². The van der Waals surface area contributed by atoms with Crippen molar-refractivity contribution in [2.24, 2.45) is 7.05 Å². The van der Waals surface area contributed by atoms with Gasteiger partial charge < -0.3 is 19.8 Å². The van der Waals surface area contributed by atoms with Gasteiger partial charge in [-0.3, -0.25) is 4.79 Å². The van der Waals surface area contributed by atoms with E-state index >= 15 is 0 Å². The molecule has 0 aromatic carbocycles. The molecule has 1 amide bonds. The summed E-state index contributed by atoms with van der Waals surface area (Å²) in [6.45, 7) is 3.74. The van der Waals surface area contributed by atoms with Crippen LogP contribution in [0.2, 0.25) is 0 Å². The minimum atomic E-state index is -0.211. The Morgan fingerprint density at radius 3 is 2.95 bits per heavy atom. The molecular formula is C14H20N4O3. The Balaban J connectivity index is 1.74. The van der Waals surface area contributed by atoms with E-state index in [2.05, 4.69) is 15.7 Å². The number of hydrogen-bond acceptors (Lipinski definition) is 5. The molecule has 0 radical (unpaired) electrons. The molecule has 114 valence electrons. The van der Waals surface area contributed by atoms with Crippen molar-refractivity contribution in [1.82, 2.24) is 20.4 Å². The van der Waals surface area contributed by atoms with Gasteiger partial charge >= 0.3 is 0 Å². The van der Waals surface area contributed by atoms with Gasteiger partial charge in [-0.25, -0.2) is 4.68 Å². The molecule has 0 unspecified atom stereocenters. The lowest BCUT2D eigenvalue weighted by atomic mass is 10.2. The highest BCUT2D eigenvalue weighted by atomic mass is 16.5. The number of furan rings is 1. The normalized spacial score (nSPS) is 10.6. The Hall–Kier alpha value is -2.28. The van der Waals surface area contributed by atoms with Crippen molar-refractivity contribution in [1.29, 1.82) is 0 Å². The van der Waals surface area contributed by atoms with E-state index in [4.69, 9.17) is 9.15 Å². The summed E-state index contributed by atoms with van der Waals surface area (Å²) in [6, 6.07) is 3.32. The number of rotatable bonds is 7. The zero-order valence-electron chi connectivity index (χ0n) is 12.5. The Morgan fingerprint density at radius 2 is 2.29 bits per heavy atom. The molecule has 2 aromatic rings. The highest BCUT2D eigenvalue weighted by Gasteiger charge is 2.13. The number of carbonyl (C=O) groups excluding carboxylic acids is 1. The Labute approximate surface area is 123 Å². The van der Waals surface area contributed by atoms with E-state index in [1.165, 1.54) is 6.26 Å². The number of methoxy groups -OCH3 is 1. The lowest BCUT2D eigenvalue weighted by Gasteiger charge is -2.07. The van der Waals surface area contributed by atoms with E-state index in [9.17, 15) is 4.79 Å². The second kappa shape index (κ2) is 6.94. The van der Waals surface area contributed by atoms with Crippen molar-refractivity contribution >= 4 is 5.91 Å². The van der Waals surface area contributed by atoms with Gasteiger partial charge in [-0.1, -0.05) is 0 Å². The van der Waals surface area contributed by atoms with Gasteiger partial charge in [0.25, 0.3) is 5.91 Å². The molecule has 2 rings (SSSR count). The van der Waals surface area contributed by atoms with Crippen LogP contribution in [0.3, 0.4) is 0 Å². The fraction of sp³-hybridized carbons (Fsp3) is 0.429. The first-order valence-electron chi connectivity index (χ1n) is 6.72. The molecule has 0 aliphatic heterocycles. The highest BCUT2D eigenvalue weighted by molar-refractivity contribution is 5.91. The number of nitrogens with one attached hydrogen (secondary N) is 2.